The van der Waals surface area contributed by atoms with Gasteiger partial charge in [-0.25, -0.2) is 0 Å². The number of aromatic nitrogens is 1. The molecule has 8 rings (SSSR count). The normalized spacial score (nSPS) is 12.3. The molecular formula is C43H36N2. The Morgan fingerprint density at radius 3 is 1.64 bits per heavy atom. The lowest BCUT2D eigenvalue weighted by Gasteiger charge is -2.25. The summed E-state index contributed by atoms with van der Waals surface area (Å²) in [6.45, 7) is 4.64. The van der Waals surface area contributed by atoms with Gasteiger partial charge in [0, 0.05) is 38.6 Å². The van der Waals surface area contributed by atoms with E-state index < -0.39 is 0 Å². The third-order valence-electron chi connectivity index (χ3n) is 9.32. The van der Waals surface area contributed by atoms with E-state index in [1.807, 2.05) is 0 Å². The average molecular weight is 581 g/mol. The predicted octanol–water partition coefficient (Wildman–Crippen LogP) is 12.5. The standard InChI is InChI=1S/C43H36N2/c1-3-14-30(2)31-23-25-41-39(28-31)40-29-36(44(34-17-6-4-7-18-34)35-19-8-5-9-20-35)24-26-42(40)45(41)43-37-21-12-10-15-32(37)27-33-16-11-13-22-38(33)43/h4-13,15-30H,3,14H2,1-2H3. The van der Waals surface area contributed by atoms with Crippen LogP contribution in [0.15, 0.2) is 152 Å². The number of nitrogens with zero attached hydrogens (tertiary/aromatic N) is 2. The van der Waals surface area contributed by atoms with Gasteiger partial charge in [0.1, 0.15) is 0 Å². The maximum atomic E-state index is 2.52. The molecular weight excluding hydrogens is 544 g/mol. The quantitative estimate of drug-likeness (QED) is 0.170. The van der Waals surface area contributed by atoms with Crippen LogP contribution in [0.1, 0.15) is 38.2 Å². The minimum absolute atomic E-state index is 0.504. The minimum atomic E-state index is 0.504. The monoisotopic (exact) mass is 580 g/mol. The second-order valence-electron chi connectivity index (χ2n) is 12.2. The number of benzene rings is 7. The summed E-state index contributed by atoms with van der Waals surface area (Å²) in [6.07, 6.45) is 2.36. The van der Waals surface area contributed by atoms with Gasteiger partial charge in [0.2, 0.25) is 0 Å². The van der Waals surface area contributed by atoms with Gasteiger partial charge in [0.25, 0.3) is 0 Å². The van der Waals surface area contributed by atoms with E-state index >= 15 is 0 Å². The smallest absolute Gasteiger partial charge is 0.0618 e. The first kappa shape index (κ1) is 27.2. The van der Waals surface area contributed by atoms with Crippen LogP contribution >= 0.6 is 0 Å². The van der Waals surface area contributed by atoms with Gasteiger partial charge in [-0.05, 0) is 89.3 Å². The van der Waals surface area contributed by atoms with Crippen molar-refractivity contribution in [1.82, 2.24) is 4.57 Å². The topological polar surface area (TPSA) is 8.17 Å². The Morgan fingerprint density at radius 2 is 1.04 bits per heavy atom. The van der Waals surface area contributed by atoms with Crippen molar-refractivity contribution in [3.8, 4) is 5.69 Å². The van der Waals surface area contributed by atoms with Crippen LogP contribution in [0.4, 0.5) is 17.1 Å². The third-order valence-corrected chi connectivity index (χ3v) is 9.32. The average Bonchev–Trinajstić information content (AvgIpc) is 3.41. The van der Waals surface area contributed by atoms with E-state index in [1.54, 1.807) is 0 Å². The molecule has 0 saturated heterocycles. The highest BCUT2D eigenvalue weighted by molar-refractivity contribution is 6.15. The molecule has 0 aliphatic rings. The summed E-state index contributed by atoms with van der Waals surface area (Å²) in [4.78, 5) is 2.36. The van der Waals surface area contributed by atoms with Crippen LogP contribution in [0.2, 0.25) is 0 Å². The summed E-state index contributed by atoms with van der Waals surface area (Å²) in [6, 6.07) is 55.5. The SMILES string of the molecule is CCCC(C)c1ccc2c(c1)c1cc(N(c3ccccc3)c3ccccc3)ccc1n2-c1c2ccccc2cc2ccccc12. The van der Waals surface area contributed by atoms with Gasteiger partial charge in [-0.3, -0.25) is 0 Å². The summed E-state index contributed by atoms with van der Waals surface area (Å²) >= 11 is 0. The second-order valence-corrected chi connectivity index (χ2v) is 12.2. The maximum Gasteiger partial charge on any atom is 0.0618 e. The van der Waals surface area contributed by atoms with Gasteiger partial charge in [-0.15, -0.1) is 0 Å². The molecule has 0 amide bonds. The Balaban J connectivity index is 1.47. The number of hydrogen-bond donors (Lipinski definition) is 0. The molecule has 1 atom stereocenters. The van der Waals surface area contributed by atoms with Crippen LogP contribution in [0, 0.1) is 0 Å². The lowest BCUT2D eigenvalue weighted by Crippen LogP contribution is -2.09. The third kappa shape index (κ3) is 4.65. The van der Waals surface area contributed by atoms with Crippen molar-refractivity contribution in [3.63, 3.8) is 0 Å². The number of hydrogen-bond acceptors (Lipinski definition) is 1. The molecule has 0 radical (unpaired) electrons. The fraction of sp³-hybridized carbons (Fsp3) is 0.116. The lowest BCUT2D eigenvalue weighted by atomic mass is 9.95. The number of para-hydroxylation sites is 2. The van der Waals surface area contributed by atoms with Gasteiger partial charge in [0.15, 0.2) is 0 Å². The fourth-order valence-electron chi connectivity index (χ4n) is 7.15. The predicted molar refractivity (Wildman–Crippen MR) is 194 cm³/mol. The summed E-state index contributed by atoms with van der Waals surface area (Å²) < 4.78 is 2.52. The number of rotatable bonds is 7. The molecule has 2 heteroatoms. The molecule has 0 spiro atoms. The molecule has 2 nitrogen and oxygen atoms in total. The molecule has 1 aromatic heterocycles. The van der Waals surface area contributed by atoms with E-state index in [9.17, 15) is 0 Å². The van der Waals surface area contributed by atoms with Crippen LogP contribution in [-0.4, -0.2) is 4.57 Å². The van der Waals surface area contributed by atoms with E-state index in [0.29, 0.717) is 5.92 Å². The molecule has 7 aromatic carbocycles. The van der Waals surface area contributed by atoms with Gasteiger partial charge < -0.3 is 9.47 Å². The first-order valence-corrected chi connectivity index (χ1v) is 16.1. The molecule has 45 heavy (non-hydrogen) atoms. The molecule has 1 heterocycles. The van der Waals surface area contributed by atoms with Crippen LogP contribution in [-0.2, 0) is 0 Å². The fourth-order valence-corrected chi connectivity index (χ4v) is 7.15. The van der Waals surface area contributed by atoms with Crippen molar-refractivity contribution < 1.29 is 0 Å². The molecule has 0 saturated carbocycles. The maximum absolute atomic E-state index is 2.52. The van der Waals surface area contributed by atoms with Crippen LogP contribution in [0.5, 0.6) is 0 Å². The van der Waals surface area contributed by atoms with E-state index in [-0.39, 0.29) is 0 Å². The molecule has 0 aliphatic heterocycles. The Morgan fingerprint density at radius 1 is 0.511 bits per heavy atom. The highest BCUT2D eigenvalue weighted by atomic mass is 15.1. The highest BCUT2D eigenvalue weighted by Crippen LogP contribution is 2.43. The van der Waals surface area contributed by atoms with Crippen molar-refractivity contribution >= 4 is 60.4 Å². The van der Waals surface area contributed by atoms with Crippen LogP contribution < -0.4 is 4.90 Å². The van der Waals surface area contributed by atoms with Crippen molar-refractivity contribution in [2.45, 2.75) is 32.6 Å². The van der Waals surface area contributed by atoms with Crippen molar-refractivity contribution in [3.05, 3.63) is 157 Å². The van der Waals surface area contributed by atoms with Crippen molar-refractivity contribution in [2.75, 3.05) is 4.90 Å². The van der Waals surface area contributed by atoms with Crippen LogP contribution in [0.25, 0.3) is 49.0 Å². The van der Waals surface area contributed by atoms with Crippen molar-refractivity contribution in [1.29, 1.82) is 0 Å². The molecule has 0 bridgehead atoms. The van der Waals surface area contributed by atoms with Gasteiger partial charge in [-0.2, -0.15) is 0 Å². The first-order chi connectivity index (χ1) is 22.2. The van der Waals surface area contributed by atoms with E-state index in [1.165, 1.54) is 67.4 Å². The largest absolute Gasteiger partial charge is 0.310 e. The van der Waals surface area contributed by atoms with Crippen molar-refractivity contribution in [2.24, 2.45) is 0 Å². The summed E-state index contributed by atoms with van der Waals surface area (Å²) in [5.41, 5.74) is 8.54. The summed E-state index contributed by atoms with van der Waals surface area (Å²) in [5, 5.41) is 7.60. The highest BCUT2D eigenvalue weighted by Gasteiger charge is 2.20. The zero-order chi connectivity index (χ0) is 30.3. The molecule has 0 aliphatic carbocycles. The zero-order valence-corrected chi connectivity index (χ0v) is 25.8. The molecule has 1 unspecified atom stereocenters. The Hall–Kier alpha value is -5.34. The van der Waals surface area contributed by atoms with Gasteiger partial charge in [-0.1, -0.05) is 111 Å². The Labute approximate surface area is 264 Å². The van der Waals surface area contributed by atoms with E-state index in [2.05, 4.69) is 175 Å². The summed E-state index contributed by atoms with van der Waals surface area (Å²) in [7, 11) is 0. The minimum Gasteiger partial charge on any atom is -0.310 e. The number of fused-ring (bicyclic) bond motifs is 5. The first-order valence-electron chi connectivity index (χ1n) is 16.1. The lowest BCUT2D eigenvalue weighted by molar-refractivity contribution is 0.665. The molecule has 218 valence electrons. The van der Waals surface area contributed by atoms with E-state index in [0.717, 1.165) is 17.1 Å². The van der Waals surface area contributed by atoms with Crippen LogP contribution in [0.3, 0.4) is 0 Å². The zero-order valence-electron chi connectivity index (χ0n) is 25.8. The second kappa shape index (κ2) is 11.3. The van der Waals surface area contributed by atoms with Gasteiger partial charge >= 0.3 is 0 Å². The summed E-state index contributed by atoms with van der Waals surface area (Å²) in [5.74, 6) is 0.504. The Kier molecular flexibility index (Phi) is 6.84. The van der Waals surface area contributed by atoms with E-state index in [4.69, 9.17) is 0 Å². The molecule has 8 aromatic rings. The molecule has 0 N–H and O–H groups in total. The molecule has 0 fully saturated rings. The Bertz CT molecular complexity index is 2200. The van der Waals surface area contributed by atoms with Gasteiger partial charge in [0.05, 0.1) is 16.7 Å². The number of anilines is 3.